The Morgan fingerprint density at radius 2 is 0.788 bits per heavy atom. The van der Waals surface area contributed by atoms with Gasteiger partial charge < -0.3 is 95.5 Å². The molecule has 118 heavy (non-hydrogen) atoms. The Labute approximate surface area is 708 Å². The molecule has 656 valence electrons. The molecule has 2 aliphatic heterocycles. The number of aliphatic carboxylic acids is 1. The predicted octanol–water partition coefficient (Wildman–Crippen LogP) is 8.87. The zero-order valence-electron chi connectivity index (χ0n) is 70.8. The van der Waals surface area contributed by atoms with Gasteiger partial charge in [-0.25, -0.2) is 19.2 Å². The number of ether oxygens (including phenoxy) is 9. The Morgan fingerprint density at radius 3 is 1.14 bits per heavy atom. The summed E-state index contributed by atoms with van der Waals surface area (Å²) in [5, 5.41) is 20.7. The van der Waals surface area contributed by atoms with E-state index in [0.29, 0.717) is 80.6 Å². The number of rotatable bonds is 44. The molecule has 6 amide bonds. The monoisotopic (exact) mass is 1740 g/mol. The molecule has 0 aromatic heterocycles. The number of carbonyl (C=O) groups excluding carboxylic acids is 9. The van der Waals surface area contributed by atoms with E-state index < -0.39 is 83.2 Å². The first-order chi connectivity index (χ1) is 54.4. The molecule has 2 saturated heterocycles. The fourth-order valence-corrected chi connectivity index (χ4v) is 12.7. The Bertz CT molecular complexity index is 3900. The number of Topliss-reactive ketones (excluding diaryl/α,β-unsaturated/α-hetero) is 4. The third kappa shape index (κ3) is 39.6. The van der Waals surface area contributed by atoms with Crippen LogP contribution in [0.1, 0.15) is 163 Å². The van der Waals surface area contributed by atoms with Crippen molar-refractivity contribution >= 4 is 58.9 Å². The molecular weight excluding hydrogens is 1610 g/mol. The van der Waals surface area contributed by atoms with Gasteiger partial charge >= 0.3 is 24.0 Å². The van der Waals surface area contributed by atoms with Crippen LogP contribution in [-0.4, -0.2) is 217 Å². The molecule has 2 heterocycles. The van der Waals surface area contributed by atoms with Crippen LogP contribution in [0.15, 0.2) is 127 Å². The third-order valence-electron chi connectivity index (χ3n) is 17.9. The van der Waals surface area contributed by atoms with Crippen LogP contribution in [0.3, 0.4) is 0 Å². The molecule has 2 fully saturated rings. The molecule has 5 aromatic rings. The van der Waals surface area contributed by atoms with Crippen LogP contribution in [0.2, 0.25) is 0 Å². The number of nitrogens with one attached hydrogen (secondary N) is 4. The van der Waals surface area contributed by atoms with Crippen molar-refractivity contribution in [1.82, 2.24) is 31.1 Å². The number of hydrogen-bond acceptors (Lipinski definition) is 20. The van der Waals surface area contributed by atoms with Gasteiger partial charge in [-0.2, -0.15) is 0 Å². The van der Waals surface area contributed by atoms with Crippen molar-refractivity contribution < 1.29 is 127 Å². The maximum absolute atomic E-state index is 13.9. The summed E-state index contributed by atoms with van der Waals surface area (Å²) in [6.45, 7) is 27.3. The first-order valence-corrected chi connectivity index (χ1v) is 39.8. The number of hydrogen-bond donors (Lipinski definition) is 6. The molecule has 30 heteroatoms. The molecule has 0 bridgehead atoms. The SMILES string of the molecule is CC(C)(C)Oc1ccc(C[C@H](CC(=O)COCCOCCN)C(=O)NCC(=O)C2CCCN2C(=O)N[C@@H](Cc2ccc(OC(C)(C)C)cc2)C(=O)O)cc1.CCCOCCOCC(=O)C[C@@H](Cc1ccc(OC(C)(C)C)cc1)C(=O)NCC(=O)C1CCCN1C(=O)N[C@@H](Cc1ccc(OC(C)(C)C)cc1)C(=O)OCc1ccccc1.O.O.[Pd]. The number of carboxylic acid groups (broad SMARTS) is 1. The summed E-state index contributed by atoms with van der Waals surface area (Å²) >= 11 is 0. The summed E-state index contributed by atoms with van der Waals surface area (Å²) in [6, 6.07) is 33.0. The molecule has 29 nitrogen and oxygen atoms in total. The van der Waals surface area contributed by atoms with Crippen molar-refractivity contribution in [1.29, 1.82) is 0 Å². The molecule has 7 rings (SSSR count). The van der Waals surface area contributed by atoms with E-state index in [-0.39, 0.29) is 170 Å². The van der Waals surface area contributed by atoms with Crippen LogP contribution in [0, 0.1) is 11.8 Å². The Kier molecular flexibility index (Phi) is 44.8. The number of amides is 6. The van der Waals surface area contributed by atoms with E-state index in [2.05, 4.69) is 21.3 Å². The average molecular weight is 1740 g/mol. The van der Waals surface area contributed by atoms with E-state index in [1.54, 1.807) is 36.4 Å². The molecule has 6 atom stereocenters. The topological polar surface area (TPSA) is 418 Å². The Morgan fingerprint density at radius 1 is 0.449 bits per heavy atom. The van der Waals surface area contributed by atoms with Crippen molar-refractivity contribution in [3.63, 3.8) is 0 Å². The quantitative estimate of drug-likeness (QED) is 0.0120. The van der Waals surface area contributed by atoms with E-state index in [0.717, 1.165) is 28.7 Å². The largest absolute Gasteiger partial charge is 0.488 e. The molecule has 5 aromatic carbocycles. The maximum atomic E-state index is 13.9. The van der Waals surface area contributed by atoms with Gasteiger partial charge in [0.1, 0.15) is 77.3 Å². The molecule has 0 saturated carbocycles. The number of nitrogens with two attached hydrogens (primary N) is 1. The molecule has 11 N–H and O–H groups in total. The van der Waals surface area contributed by atoms with Crippen LogP contribution >= 0.6 is 0 Å². The minimum Gasteiger partial charge on any atom is -0.488 e. The van der Waals surface area contributed by atoms with Gasteiger partial charge in [-0.05, 0) is 204 Å². The maximum Gasteiger partial charge on any atom is 0.329 e. The predicted molar refractivity (Wildman–Crippen MR) is 442 cm³/mol. The molecule has 2 unspecified atom stereocenters. The fourth-order valence-electron chi connectivity index (χ4n) is 12.7. The second kappa shape index (κ2) is 51.3. The van der Waals surface area contributed by atoms with Crippen LogP contribution in [0.5, 0.6) is 23.0 Å². The molecule has 0 spiro atoms. The van der Waals surface area contributed by atoms with Gasteiger partial charge in [-0.15, -0.1) is 0 Å². The van der Waals surface area contributed by atoms with Crippen molar-refractivity contribution in [3.8, 4) is 23.0 Å². The summed E-state index contributed by atoms with van der Waals surface area (Å²) in [7, 11) is 0. The van der Waals surface area contributed by atoms with Gasteiger partial charge in [-0.1, -0.05) is 85.8 Å². The van der Waals surface area contributed by atoms with Gasteiger partial charge in [0.15, 0.2) is 23.1 Å². The van der Waals surface area contributed by atoms with E-state index in [1.807, 2.05) is 181 Å². The number of carboxylic acids is 1. The fraction of sp³-hybridized carbons (Fsp3) is 0.545. The number of nitrogens with zero attached hydrogens (tertiary/aromatic N) is 2. The summed E-state index contributed by atoms with van der Waals surface area (Å²) in [5.74, 6) is -3.00. The molecular formula is C88H127N7O22Pd. The van der Waals surface area contributed by atoms with E-state index in [1.165, 1.54) is 9.80 Å². The minimum atomic E-state index is -1.24. The van der Waals surface area contributed by atoms with Gasteiger partial charge in [-0.3, -0.25) is 28.8 Å². The number of urea groups is 2. The summed E-state index contributed by atoms with van der Waals surface area (Å²) < 4.78 is 50.9. The number of esters is 1. The van der Waals surface area contributed by atoms with Crippen molar-refractivity contribution in [2.24, 2.45) is 17.6 Å². The van der Waals surface area contributed by atoms with E-state index >= 15 is 0 Å². The number of benzene rings is 5. The van der Waals surface area contributed by atoms with Gasteiger partial charge in [0.05, 0.1) is 58.2 Å². The Balaban J connectivity index is 0.000000599. The van der Waals surface area contributed by atoms with Gasteiger partial charge in [0.25, 0.3) is 0 Å². The first-order valence-electron chi connectivity index (χ1n) is 39.8. The normalized spacial score (nSPS) is 14.9. The average Bonchev–Trinajstić information content (AvgIpc) is 1.72. The van der Waals surface area contributed by atoms with Crippen molar-refractivity contribution in [3.05, 3.63) is 155 Å². The second-order valence-corrected chi connectivity index (χ2v) is 32.8. The zero-order valence-corrected chi connectivity index (χ0v) is 72.3. The molecule has 0 radical (unpaired) electrons. The van der Waals surface area contributed by atoms with Crippen molar-refractivity contribution in [2.75, 3.05) is 85.6 Å². The van der Waals surface area contributed by atoms with Gasteiger partial charge in [0.2, 0.25) is 11.8 Å². The van der Waals surface area contributed by atoms with Crippen LogP contribution in [0.25, 0.3) is 0 Å². The van der Waals surface area contributed by atoms with Crippen LogP contribution in [0.4, 0.5) is 9.59 Å². The number of likely N-dealkylation sites (tertiary alicyclic amines) is 2. The minimum absolute atomic E-state index is 0. The smallest absolute Gasteiger partial charge is 0.329 e. The zero-order chi connectivity index (χ0) is 84.3. The Hall–Kier alpha value is -9.22. The molecule has 2 aliphatic rings. The van der Waals surface area contributed by atoms with E-state index in [9.17, 15) is 53.1 Å². The van der Waals surface area contributed by atoms with Gasteiger partial charge in [0, 0.05) is 84.2 Å². The second-order valence-electron chi connectivity index (χ2n) is 32.8. The molecule has 0 aliphatic carbocycles. The summed E-state index contributed by atoms with van der Waals surface area (Å²) in [4.78, 5) is 136. The standard InChI is InChI=1S/C48H65N3O10.C40H58N4O10.2H2O.Pd/c1-8-25-57-26-27-58-33-38(52)30-37(28-34-16-20-39(21-17-34)60-47(2,3)4)44(54)49-31-43(53)42-15-12-24-51(42)46(56)50-41(45(55)59-32-36-13-10-9-11-14-36)29-35-18-22-40(23-19-35)61-48(5,6)7;1-39(2,3)53-31-13-9-27(10-14-31)22-29(24-30(45)26-52-21-20-51-19-17-41)36(47)42-25-35(46)34-8-7-18-44(34)38(50)43-33(37(48)49)23-28-11-15-32(16-12-28)54-40(4,5)6;;;/h9-11,13-14,16-23,37,41-42H,8,12,15,24-33H2,1-7H3,(H,49,54)(H,50,56);9-16,29,33-34H,7-8,17-26,41H2,1-6H3,(H,42,47)(H,43,50)(H,48,49);2*1H2;/t37-,41+,42?;29-,33+,34?;;;/m11.../s1. The summed E-state index contributed by atoms with van der Waals surface area (Å²) in [6.07, 6.45) is 3.16. The summed E-state index contributed by atoms with van der Waals surface area (Å²) in [5.41, 5.74) is 7.73. The van der Waals surface area contributed by atoms with Crippen LogP contribution in [-0.2, 0) is 115 Å². The third-order valence-corrected chi connectivity index (χ3v) is 17.9. The number of ketones is 4. The first kappa shape index (κ1) is 103. The number of carbonyl (C=O) groups is 10. The van der Waals surface area contributed by atoms with E-state index in [4.69, 9.17) is 48.4 Å². The van der Waals surface area contributed by atoms with Crippen molar-refractivity contribution in [2.45, 2.75) is 214 Å². The van der Waals surface area contributed by atoms with Crippen LogP contribution < -0.4 is 45.9 Å².